The van der Waals surface area contributed by atoms with Crippen LogP contribution in [-0.4, -0.2) is 33.4 Å². The van der Waals surface area contributed by atoms with E-state index < -0.39 is 0 Å². The molecule has 25 heavy (non-hydrogen) atoms. The maximum absolute atomic E-state index is 13.9. The van der Waals surface area contributed by atoms with Crippen molar-refractivity contribution in [1.29, 1.82) is 0 Å². The highest BCUT2D eigenvalue weighted by Gasteiger charge is 2.16. The number of halogens is 1. The molecule has 0 atom stereocenters. The summed E-state index contributed by atoms with van der Waals surface area (Å²) in [6.07, 6.45) is 0. The van der Waals surface area contributed by atoms with Crippen LogP contribution in [0, 0.1) is 5.82 Å². The summed E-state index contributed by atoms with van der Waals surface area (Å²) >= 11 is 1.27. The Balaban J connectivity index is 1.71. The molecule has 5 nitrogen and oxygen atoms in total. The van der Waals surface area contributed by atoms with Crippen molar-refractivity contribution in [3.63, 3.8) is 0 Å². The average molecular weight is 357 g/mol. The number of aromatic nitrogens is 3. The Bertz CT molecular complexity index is 894. The molecule has 1 aromatic heterocycles. The Hall–Kier alpha value is -2.67. The van der Waals surface area contributed by atoms with Crippen LogP contribution >= 0.6 is 11.8 Å². The normalized spacial score (nSPS) is 10.7. The molecule has 0 radical (unpaired) electrons. The third-order valence-corrected chi connectivity index (χ3v) is 4.71. The van der Waals surface area contributed by atoms with Gasteiger partial charge >= 0.3 is 0 Å². The number of hydrogen-bond donors (Lipinski definition) is 0. The number of carbonyl (C=O) groups is 1. The minimum Gasteiger partial charge on any atom is -0.497 e. The van der Waals surface area contributed by atoms with E-state index in [9.17, 15) is 9.18 Å². The van der Waals surface area contributed by atoms with Crippen LogP contribution in [0.4, 0.5) is 4.39 Å². The van der Waals surface area contributed by atoms with E-state index in [4.69, 9.17) is 4.74 Å². The van der Waals surface area contributed by atoms with Gasteiger partial charge in [-0.3, -0.25) is 4.79 Å². The molecule has 0 spiro atoms. The molecule has 0 amide bonds. The van der Waals surface area contributed by atoms with Gasteiger partial charge in [0, 0.05) is 12.6 Å². The lowest BCUT2D eigenvalue weighted by atomic mass is 10.1. The van der Waals surface area contributed by atoms with Gasteiger partial charge in [-0.05, 0) is 36.4 Å². The van der Waals surface area contributed by atoms with Gasteiger partial charge in [-0.1, -0.05) is 23.9 Å². The van der Waals surface area contributed by atoms with Crippen molar-refractivity contribution in [1.82, 2.24) is 14.8 Å². The summed E-state index contributed by atoms with van der Waals surface area (Å²) < 4.78 is 20.7. The van der Waals surface area contributed by atoms with Crippen LogP contribution in [0.5, 0.6) is 5.75 Å². The molecule has 0 unspecified atom stereocenters. The zero-order valence-corrected chi connectivity index (χ0v) is 14.6. The maximum atomic E-state index is 13.9. The second-order valence-corrected chi connectivity index (χ2v) is 6.23. The number of methoxy groups -OCH3 is 1. The molecule has 0 saturated carbocycles. The number of nitrogens with zero attached hydrogens (tertiary/aromatic N) is 3. The summed E-state index contributed by atoms with van der Waals surface area (Å²) in [4.78, 5) is 12.3. The van der Waals surface area contributed by atoms with Crippen LogP contribution in [0.2, 0.25) is 0 Å². The molecule has 0 aliphatic heterocycles. The molecule has 0 aliphatic carbocycles. The number of rotatable bonds is 6. The van der Waals surface area contributed by atoms with Crippen molar-refractivity contribution in [2.24, 2.45) is 7.05 Å². The lowest BCUT2D eigenvalue weighted by Crippen LogP contribution is -2.04. The maximum Gasteiger partial charge on any atom is 0.191 e. The summed E-state index contributed by atoms with van der Waals surface area (Å²) in [5.41, 5.74) is 0.982. The first-order valence-corrected chi connectivity index (χ1v) is 8.53. The van der Waals surface area contributed by atoms with Gasteiger partial charge in [0.25, 0.3) is 0 Å². The first-order chi connectivity index (χ1) is 12.1. The number of ether oxygens (including phenoxy) is 1. The fourth-order valence-corrected chi connectivity index (χ4v) is 3.11. The predicted octanol–water partition coefficient (Wildman–Crippen LogP) is 3.60. The van der Waals surface area contributed by atoms with Crippen molar-refractivity contribution in [3.8, 4) is 17.1 Å². The smallest absolute Gasteiger partial charge is 0.191 e. The van der Waals surface area contributed by atoms with Crippen LogP contribution < -0.4 is 4.74 Å². The molecule has 128 valence electrons. The minimum atomic E-state index is -0.358. The van der Waals surface area contributed by atoms with E-state index in [-0.39, 0.29) is 17.4 Å². The monoisotopic (exact) mass is 357 g/mol. The second kappa shape index (κ2) is 7.48. The van der Waals surface area contributed by atoms with Gasteiger partial charge in [0.1, 0.15) is 11.6 Å². The highest BCUT2D eigenvalue weighted by molar-refractivity contribution is 7.99. The fourth-order valence-electron chi connectivity index (χ4n) is 2.31. The number of Topliss-reactive ketones (excluding diaryl/α,β-unsaturated/α-hetero) is 1. The molecule has 0 bridgehead atoms. The van der Waals surface area contributed by atoms with Crippen molar-refractivity contribution in [2.45, 2.75) is 5.16 Å². The van der Waals surface area contributed by atoms with Crippen LogP contribution in [0.3, 0.4) is 0 Å². The van der Waals surface area contributed by atoms with E-state index in [2.05, 4.69) is 10.2 Å². The first kappa shape index (κ1) is 17.2. The number of hydrogen-bond acceptors (Lipinski definition) is 5. The van der Waals surface area contributed by atoms with Crippen LogP contribution in [-0.2, 0) is 7.05 Å². The van der Waals surface area contributed by atoms with E-state index in [1.54, 1.807) is 61.2 Å². The topological polar surface area (TPSA) is 57.0 Å². The van der Waals surface area contributed by atoms with Gasteiger partial charge in [0.2, 0.25) is 0 Å². The van der Waals surface area contributed by atoms with Gasteiger partial charge in [-0.25, -0.2) is 4.39 Å². The predicted molar refractivity (Wildman–Crippen MR) is 94.4 cm³/mol. The second-order valence-electron chi connectivity index (χ2n) is 5.29. The van der Waals surface area contributed by atoms with Gasteiger partial charge in [0.05, 0.1) is 18.4 Å². The Morgan fingerprint density at radius 3 is 2.56 bits per heavy atom. The molecular weight excluding hydrogens is 341 g/mol. The lowest BCUT2D eigenvalue weighted by Gasteiger charge is -2.05. The summed E-state index contributed by atoms with van der Waals surface area (Å²) in [6, 6.07) is 13.3. The first-order valence-electron chi connectivity index (χ1n) is 7.54. The third-order valence-electron chi connectivity index (χ3n) is 3.69. The van der Waals surface area contributed by atoms with Gasteiger partial charge in [0.15, 0.2) is 16.8 Å². The van der Waals surface area contributed by atoms with Gasteiger partial charge in [-0.15, -0.1) is 10.2 Å². The van der Waals surface area contributed by atoms with Crippen LogP contribution in [0.25, 0.3) is 11.4 Å². The molecule has 0 saturated heterocycles. The zero-order chi connectivity index (χ0) is 17.8. The van der Waals surface area contributed by atoms with Crippen LogP contribution in [0.1, 0.15) is 10.4 Å². The molecular formula is C18H16FN3O2S. The highest BCUT2D eigenvalue weighted by atomic mass is 32.2. The van der Waals surface area contributed by atoms with E-state index in [1.165, 1.54) is 17.8 Å². The largest absolute Gasteiger partial charge is 0.497 e. The molecule has 3 rings (SSSR count). The Kier molecular flexibility index (Phi) is 5.14. The minimum absolute atomic E-state index is 0.0249. The van der Waals surface area contributed by atoms with Crippen molar-refractivity contribution >= 4 is 17.5 Å². The van der Waals surface area contributed by atoms with Crippen molar-refractivity contribution in [2.75, 3.05) is 12.9 Å². The van der Waals surface area contributed by atoms with Crippen molar-refractivity contribution < 1.29 is 13.9 Å². The van der Waals surface area contributed by atoms with Crippen LogP contribution in [0.15, 0.2) is 53.7 Å². The Morgan fingerprint density at radius 1 is 1.16 bits per heavy atom. The zero-order valence-electron chi connectivity index (χ0n) is 13.8. The van der Waals surface area contributed by atoms with E-state index in [1.807, 2.05) is 0 Å². The lowest BCUT2D eigenvalue weighted by molar-refractivity contribution is 0.102. The highest BCUT2D eigenvalue weighted by Crippen LogP contribution is 2.25. The molecule has 7 heteroatoms. The fraction of sp³-hybridized carbons (Fsp3) is 0.167. The summed E-state index contributed by atoms with van der Waals surface area (Å²) in [5.74, 6) is 0.965. The number of ketones is 1. The average Bonchev–Trinajstić information content (AvgIpc) is 3.00. The Labute approximate surface area is 148 Å². The molecule has 0 N–H and O–H groups in total. The van der Waals surface area contributed by atoms with E-state index >= 15 is 0 Å². The van der Waals surface area contributed by atoms with Crippen molar-refractivity contribution in [3.05, 3.63) is 59.9 Å². The number of benzene rings is 2. The SMILES string of the molecule is COc1ccc(C(=O)CSc2nnc(-c3ccccc3F)n2C)cc1. The van der Waals surface area contributed by atoms with E-state index in [0.717, 1.165) is 0 Å². The quantitative estimate of drug-likeness (QED) is 0.498. The number of carbonyl (C=O) groups excluding carboxylic acids is 1. The standard InChI is InChI=1S/C18H16FN3O2S/c1-22-17(14-5-3-4-6-15(14)19)20-21-18(22)25-11-16(23)12-7-9-13(24-2)10-8-12/h3-10H,11H2,1-2H3. The third kappa shape index (κ3) is 3.71. The number of thioether (sulfide) groups is 1. The van der Waals surface area contributed by atoms with Gasteiger partial charge in [-0.2, -0.15) is 0 Å². The van der Waals surface area contributed by atoms with E-state index in [0.29, 0.717) is 27.9 Å². The molecule has 1 heterocycles. The summed E-state index contributed by atoms with van der Waals surface area (Å²) in [7, 11) is 3.33. The molecule has 0 aliphatic rings. The molecule has 0 fully saturated rings. The molecule has 3 aromatic rings. The van der Waals surface area contributed by atoms with Gasteiger partial charge < -0.3 is 9.30 Å². The molecule has 2 aromatic carbocycles. The summed E-state index contributed by atoms with van der Waals surface area (Å²) in [6.45, 7) is 0. The Morgan fingerprint density at radius 2 is 1.88 bits per heavy atom. The summed E-state index contributed by atoms with van der Waals surface area (Å²) in [5, 5.41) is 8.66.